The molecule has 0 atom stereocenters. The van der Waals surface area contributed by atoms with Gasteiger partial charge in [0.15, 0.2) is 0 Å². The average Bonchev–Trinajstić information content (AvgIpc) is 2.76. The second kappa shape index (κ2) is 11.1. The van der Waals surface area contributed by atoms with E-state index in [0.29, 0.717) is 12.2 Å². The molecular formula is C25H27BrO2P+. The van der Waals surface area contributed by atoms with Gasteiger partial charge in [-0.3, -0.25) is 0 Å². The Balaban J connectivity index is 0.00000300. The van der Waals surface area contributed by atoms with Crippen LogP contribution >= 0.6 is 24.2 Å². The van der Waals surface area contributed by atoms with Crippen LogP contribution in [0.1, 0.15) is 13.8 Å². The maximum atomic E-state index is 12.2. The molecule has 0 unspecified atom stereocenters. The second-order valence-electron chi connectivity index (χ2n) is 6.61. The molecule has 3 aromatic carbocycles. The van der Waals surface area contributed by atoms with Gasteiger partial charge in [-0.05, 0) is 56.3 Å². The van der Waals surface area contributed by atoms with Crippen LogP contribution < -0.4 is 15.9 Å². The largest absolute Gasteiger partial charge is 0.463 e. The molecule has 0 radical (unpaired) electrons. The van der Waals surface area contributed by atoms with Crippen molar-refractivity contribution in [2.45, 2.75) is 13.8 Å². The van der Waals surface area contributed by atoms with Gasteiger partial charge in [-0.25, -0.2) is 4.79 Å². The molecule has 0 aromatic heterocycles. The summed E-state index contributed by atoms with van der Waals surface area (Å²) in [5.74, 6) is -0.241. The molecule has 0 N–H and O–H groups in total. The Morgan fingerprint density at radius 1 is 0.793 bits per heavy atom. The Morgan fingerprint density at radius 3 is 1.52 bits per heavy atom. The van der Waals surface area contributed by atoms with Gasteiger partial charge in [0, 0.05) is 5.57 Å². The average molecular weight is 470 g/mol. The molecule has 29 heavy (non-hydrogen) atoms. The molecule has 0 heterocycles. The highest BCUT2D eigenvalue weighted by Gasteiger charge is 2.44. The summed E-state index contributed by atoms with van der Waals surface area (Å²) < 4.78 is 5.19. The molecule has 0 aliphatic rings. The van der Waals surface area contributed by atoms with Crippen LogP contribution in [0.15, 0.2) is 103 Å². The number of esters is 1. The third kappa shape index (κ3) is 5.23. The van der Waals surface area contributed by atoms with Gasteiger partial charge in [-0.1, -0.05) is 54.6 Å². The first kappa shape index (κ1) is 23.1. The van der Waals surface area contributed by atoms with E-state index in [4.69, 9.17) is 4.74 Å². The number of rotatable bonds is 7. The first-order valence-corrected chi connectivity index (χ1v) is 11.5. The normalized spacial score (nSPS) is 11.4. The Hall–Kier alpha value is -2.22. The van der Waals surface area contributed by atoms with E-state index in [0.717, 1.165) is 6.16 Å². The van der Waals surface area contributed by atoms with Gasteiger partial charge in [0.25, 0.3) is 0 Å². The summed E-state index contributed by atoms with van der Waals surface area (Å²) in [5.41, 5.74) is 0.661. The van der Waals surface area contributed by atoms with Gasteiger partial charge in [0.2, 0.25) is 0 Å². The number of benzene rings is 3. The lowest BCUT2D eigenvalue weighted by molar-refractivity contribution is -0.138. The minimum Gasteiger partial charge on any atom is -0.463 e. The van der Waals surface area contributed by atoms with E-state index in [-0.39, 0.29) is 23.0 Å². The maximum Gasteiger partial charge on any atom is 0.333 e. The van der Waals surface area contributed by atoms with Crippen LogP contribution in [0.2, 0.25) is 0 Å². The molecule has 0 aliphatic carbocycles. The molecule has 0 amide bonds. The minimum absolute atomic E-state index is 0. The van der Waals surface area contributed by atoms with Gasteiger partial charge in [-0.15, -0.1) is 17.0 Å². The first-order valence-electron chi connectivity index (χ1n) is 9.57. The maximum absolute atomic E-state index is 12.2. The number of halogens is 1. The predicted octanol–water partition coefficient (Wildman–Crippen LogP) is 5.07. The quantitative estimate of drug-likeness (QED) is 0.274. The lowest BCUT2D eigenvalue weighted by Crippen LogP contribution is -2.33. The summed E-state index contributed by atoms with van der Waals surface area (Å²) in [5, 5.41) is 3.92. The van der Waals surface area contributed by atoms with E-state index in [9.17, 15) is 4.79 Å². The van der Waals surface area contributed by atoms with E-state index in [1.165, 1.54) is 15.9 Å². The number of hydrogen-bond acceptors (Lipinski definition) is 2. The van der Waals surface area contributed by atoms with Crippen molar-refractivity contribution in [2.75, 3.05) is 12.8 Å². The van der Waals surface area contributed by atoms with Crippen molar-refractivity contribution in [2.24, 2.45) is 0 Å². The van der Waals surface area contributed by atoms with E-state index >= 15 is 0 Å². The van der Waals surface area contributed by atoms with Crippen LogP contribution in [0.25, 0.3) is 0 Å². The van der Waals surface area contributed by atoms with Crippen LogP contribution in [0.4, 0.5) is 0 Å². The van der Waals surface area contributed by atoms with E-state index in [1.807, 2.05) is 32.0 Å². The van der Waals surface area contributed by atoms with Crippen LogP contribution in [0.5, 0.6) is 0 Å². The third-order valence-electron chi connectivity index (χ3n) is 4.86. The van der Waals surface area contributed by atoms with Crippen LogP contribution in [-0.2, 0) is 9.53 Å². The molecule has 0 fully saturated rings. The zero-order valence-electron chi connectivity index (χ0n) is 16.8. The molecule has 4 heteroatoms. The molecule has 0 spiro atoms. The second-order valence-corrected chi connectivity index (χ2v) is 10.1. The lowest BCUT2D eigenvalue weighted by Gasteiger charge is -2.26. The van der Waals surface area contributed by atoms with Gasteiger partial charge >= 0.3 is 5.97 Å². The predicted molar refractivity (Wildman–Crippen MR) is 131 cm³/mol. The Morgan fingerprint density at radius 2 is 1.17 bits per heavy atom. The monoisotopic (exact) mass is 469 g/mol. The summed E-state index contributed by atoms with van der Waals surface area (Å²) in [6, 6.07) is 32.0. The van der Waals surface area contributed by atoms with Crippen molar-refractivity contribution in [3.05, 3.63) is 103 Å². The topological polar surface area (TPSA) is 26.3 Å². The molecular weight excluding hydrogens is 443 g/mol. The third-order valence-corrected chi connectivity index (χ3v) is 9.13. The molecule has 0 saturated carbocycles. The van der Waals surface area contributed by atoms with E-state index < -0.39 is 7.26 Å². The van der Waals surface area contributed by atoms with Crippen molar-refractivity contribution in [3.8, 4) is 0 Å². The fraction of sp³-hybridized carbons (Fsp3) is 0.160. The summed E-state index contributed by atoms with van der Waals surface area (Å²) in [4.78, 5) is 12.2. The fourth-order valence-electron chi connectivity index (χ4n) is 3.41. The van der Waals surface area contributed by atoms with Gasteiger partial charge < -0.3 is 4.74 Å². The number of allylic oxidation sites excluding steroid dienone is 1. The Bertz CT molecular complexity index is 828. The SMILES string of the molecule is Br.CCOC(=O)C(C)=CC[P+](c1ccccc1)(c1ccccc1)c1ccccc1. The van der Waals surface area contributed by atoms with E-state index in [1.54, 1.807) is 0 Å². The van der Waals surface area contributed by atoms with Crippen molar-refractivity contribution < 1.29 is 9.53 Å². The first-order chi connectivity index (χ1) is 13.7. The standard InChI is InChI=1S/C25H26O2P.BrH/c1-3-27-25(26)21(2)19-20-28(22-13-7-4-8-14-22,23-15-9-5-10-16-23)24-17-11-6-12-18-24;/h4-19H,3,20H2,1-2H3;1H/q+1;. The van der Waals surface area contributed by atoms with Gasteiger partial charge in [0.05, 0.1) is 12.8 Å². The zero-order valence-corrected chi connectivity index (χ0v) is 19.4. The molecule has 2 nitrogen and oxygen atoms in total. The number of carbonyl (C=O) groups is 1. The fourth-order valence-corrected chi connectivity index (χ4v) is 7.53. The summed E-state index contributed by atoms with van der Waals surface area (Å²) >= 11 is 0. The summed E-state index contributed by atoms with van der Waals surface area (Å²) in [6.07, 6.45) is 2.83. The molecule has 3 aromatic rings. The highest BCUT2D eigenvalue weighted by molar-refractivity contribution is 8.93. The Labute approximate surface area is 184 Å². The van der Waals surface area contributed by atoms with Crippen molar-refractivity contribution in [1.29, 1.82) is 0 Å². The lowest BCUT2D eigenvalue weighted by atomic mass is 10.3. The highest BCUT2D eigenvalue weighted by Crippen LogP contribution is 2.55. The van der Waals surface area contributed by atoms with Crippen LogP contribution in [-0.4, -0.2) is 18.7 Å². The summed E-state index contributed by atoms with van der Waals surface area (Å²) in [6.45, 7) is 4.06. The molecule has 3 rings (SSSR count). The van der Waals surface area contributed by atoms with E-state index in [2.05, 4.69) is 78.9 Å². The van der Waals surface area contributed by atoms with Crippen molar-refractivity contribution in [3.63, 3.8) is 0 Å². The molecule has 0 saturated heterocycles. The smallest absolute Gasteiger partial charge is 0.333 e. The molecule has 150 valence electrons. The zero-order chi connectivity index (χ0) is 19.8. The highest BCUT2D eigenvalue weighted by atomic mass is 79.9. The van der Waals surface area contributed by atoms with Crippen molar-refractivity contribution >= 4 is 46.1 Å². The Kier molecular flexibility index (Phi) is 8.82. The van der Waals surface area contributed by atoms with Gasteiger partial charge in [-0.2, -0.15) is 0 Å². The number of carbonyl (C=O) groups excluding carboxylic acids is 1. The molecule has 0 bridgehead atoms. The summed E-state index contributed by atoms with van der Waals surface area (Å²) in [7, 11) is -1.95. The molecule has 0 aliphatic heterocycles. The van der Waals surface area contributed by atoms with Crippen LogP contribution in [0.3, 0.4) is 0 Å². The van der Waals surface area contributed by atoms with Crippen LogP contribution in [0, 0.1) is 0 Å². The minimum atomic E-state index is -1.95. The van der Waals surface area contributed by atoms with Gasteiger partial charge in [0.1, 0.15) is 23.2 Å². The number of ether oxygens (including phenoxy) is 1. The van der Waals surface area contributed by atoms with Crippen molar-refractivity contribution in [1.82, 2.24) is 0 Å². The number of hydrogen-bond donors (Lipinski definition) is 0.